The van der Waals surface area contributed by atoms with E-state index in [0.717, 1.165) is 17.8 Å². The molecule has 4 rings (SSSR count). The lowest BCUT2D eigenvalue weighted by Crippen LogP contribution is -2.50. The van der Waals surface area contributed by atoms with Gasteiger partial charge in [0.2, 0.25) is 5.91 Å². The van der Waals surface area contributed by atoms with Crippen LogP contribution < -0.4 is 10.5 Å². The first kappa shape index (κ1) is 16.8. The highest BCUT2D eigenvalue weighted by Gasteiger charge is 2.27. The van der Waals surface area contributed by atoms with Crippen LogP contribution in [0.1, 0.15) is 13.0 Å². The van der Waals surface area contributed by atoms with Crippen LogP contribution in [0.2, 0.25) is 0 Å². The third kappa shape index (κ3) is 3.01. The highest BCUT2D eigenvalue weighted by atomic mass is 32.1. The summed E-state index contributed by atoms with van der Waals surface area (Å²) in [5.74, 6) is 0.0198. The molecule has 1 fully saturated rings. The minimum Gasteiger partial charge on any atom is -0.368 e. The molecule has 0 spiro atoms. The Morgan fingerprint density at radius 1 is 0.962 bits per heavy atom. The first-order valence-electron chi connectivity index (χ1n) is 8.84. The van der Waals surface area contributed by atoms with Gasteiger partial charge in [-0.1, -0.05) is 41.9 Å². The van der Waals surface area contributed by atoms with Crippen molar-refractivity contribution < 1.29 is 4.79 Å². The van der Waals surface area contributed by atoms with Crippen LogP contribution in [0.3, 0.4) is 0 Å². The lowest BCUT2D eigenvalue weighted by atomic mass is 10.2. The summed E-state index contributed by atoms with van der Waals surface area (Å²) in [6.45, 7) is 4.80. The monoisotopic (exact) mass is 367 g/mol. The number of piperazine rings is 1. The van der Waals surface area contributed by atoms with E-state index in [1.807, 2.05) is 54.3 Å². The molecular weight excluding hydrogens is 346 g/mol. The summed E-state index contributed by atoms with van der Waals surface area (Å²) in [6, 6.07) is 17.3. The van der Waals surface area contributed by atoms with Crippen molar-refractivity contribution in [2.24, 2.45) is 0 Å². The zero-order valence-electron chi connectivity index (χ0n) is 14.7. The number of hydrogen-bond acceptors (Lipinski definition) is 4. The van der Waals surface area contributed by atoms with Gasteiger partial charge in [-0.2, -0.15) is 0 Å². The number of carbonyl (C=O) groups excluding carboxylic acids is 1. The highest BCUT2D eigenvalue weighted by Crippen LogP contribution is 2.22. The smallest absolute Gasteiger partial charge is 0.269 e. The van der Waals surface area contributed by atoms with Crippen LogP contribution >= 0.6 is 11.5 Å². The SMILES string of the molecule is C[C@@H](C(=O)N1CCN(c2ccccc2)CC1)n1sc2ccccc2c1=O. The van der Waals surface area contributed by atoms with Crippen molar-refractivity contribution in [2.75, 3.05) is 31.1 Å². The molecule has 0 saturated carbocycles. The fraction of sp³-hybridized carbons (Fsp3) is 0.300. The average molecular weight is 367 g/mol. The zero-order chi connectivity index (χ0) is 18.1. The molecule has 1 amide bonds. The second kappa shape index (κ2) is 6.96. The van der Waals surface area contributed by atoms with Crippen LogP contribution in [0.15, 0.2) is 59.4 Å². The van der Waals surface area contributed by atoms with E-state index in [9.17, 15) is 9.59 Å². The average Bonchev–Trinajstić information content (AvgIpc) is 3.04. The minimum atomic E-state index is -0.469. The lowest BCUT2D eigenvalue weighted by Gasteiger charge is -2.37. The Labute approximate surface area is 156 Å². The van der Waals surface area contributed by atoms with E-state index in [-0.39, 0.29) is 11.5 Å². The van der Waals surface area contributed by atoms with Crippen LogP contribution in [0.4, 0.5) is 5.69 Å². The van der Waals surface area contributed by atoms with Gasteiger partial charge in [0, 0.05) is 31.9 Å². The standard InChI is InChI=1S/C20H21N3O2S/c1-15(23-20(25)17-9-5-6-10-18(17)26-23)19(24)22-13-11-21(12-14-22)16-7-3-2-4-8-16/h2-10,15H,11-14H2,1H3/t15-/m0/s1. The number of benzene rings is 2. The first-order chi connectivity index (χ1) is 12.6. The lowest BCUT2D eigenvalue weighted by molar-refractivity contribution is -0.134. The molecule has 2 aromatic carbocycles. The van der Waals surface area contributed by atoms with E-state index < -0.39 is 6.04 Å². The molecule has 6 heteroatoms. The van der Waals surface area contributed by atoms with Gasteiger partial charge in [-0.15, -0.1) is 0 Å². The molecule has 1 aromatic heterocycles. The molecule has 134 valence electrons. The van der Waals surface area contributed by atoms with Crippen molar-refractivity contribution in [3.8, 4) is 0 Å². The van der Waals surface area contributed by atoms with Gasteiger partial charge in [0.05, 0.1) is 10.1 Å². The number of carbonyl (C=O) groups is 1. The van der Waals surface area contributed by atoms with E-state index in [2.05, 4.69) is 17.0 Å². The maximum Gasteiger partial charge on any atom is 0.269 e. The molecule has 1 atom stereocenters. The van der Waals surface area contributed by atoms with E-state index in [4.69, 9.17) is 0 Å². The summed E-state index contributed by atoms with van der Waals surface area (Å²) in [4.78, 5) is 29.7. The molecule has 5 nitrogen and oxygen atoms in total. The van der Waals surface area contributed by atoms with Crippen LogP contribution in [-0.4, -0.2) is 40.9 Å². The van der Waals surface area contributed by atoms with Crippen molar-refractivity contribution in [1.29, 1.82) is 0 Å². The van der Waals surface area contributed by atoms with Gasteiger partial charge in [0.1, 0.15) is 6.04 Å². The van der Waals surface area contributed by atoms with E-state index in [1.54, 1.807) is 3.96 Å². The number of amides is 1. The topological polar surface area (TPSA) is 45.6 Å². The number of anilines is 1. The van der Waals surface area contributed by atoms with Crippen molar-refractivity contribution in [3.05, 3.63) is 65.0 Å². The highest BCUT2D eigenvalue weighted by molar-refractivity contribution is 7.14. The first-order valence-corrected chi connectivity index (χ1v) is 9.62. The molecule has 0 bridgehead atoms. The second-order valence-corrected chi connectivity index (χ2v) is 7.56. The molecule has 1 aliphatic rings. The predicted octanol–water partition coefficient (Wildman–Crippen LogP) is 2.97. The Hall–Kier alpha value is -2.60. The van der Waals surface area contributed by atoms with Gasteiger partial charge in [0.25, 0.3) is 5.56 Å². The second-order valence-electron chi connectivity index (χ2n) is 6.54. The van der Waals surface area contributed by atoms with Gasteiger partial charge in [-0.3, -0.25) is 13.5 Å². The summed E-state index contributed by atoms with van der Waals surface area (Å²) < 4.78 is 2.53. The maximum atomic E-state index is 12.9. The summed E-state index contributed by atoms with van der Waals surface area (Å²) in [6.07, 6.45) is 0. The number of aromatic nitrogens is 1. The Morgan fingerprint density at radius 3 is 2.31 bits per heavy atom. The third-order valence-electron chi connectivity index (χ3n) is 4.94. The number of nitrogens with zero attached hydrogens (tertiary/aromatic N) is 3. The summed E-state index contributed by atoms with van der Waals surface area (Å²) in [7, 11) is 0. The maximum absolute atomic E-state index is 12.9. The molecule has 1 saturated heterocycles. The molecule has 2 heterocycles. The number of hydrogen-bond donors (Lipinski definition) is 0. The Bertz CT molecular complexity index is 971. The number of fused-ring (bicyclic) bond motifs is 1. The summed E-state index contributed by atoms with van der Waals surface area (Å²) in [5, 5.41) is 0.686. The van der Waals surface area contributed by atoms with Crippen molar-refractivity contribution in [3.63, 3.8) is 0 Å². The van der Waals surface area contributed by atoms with Gasteiger partial charge < -0.3 is 9.80 Å². The number of para-hydroxylation sites is 1. The third-order valence-corrected chi connectivity index (χ3v) is 6.17. The Kier molecular flexibility index (Phi) is 4.51. The summed E-state index contributed by atoms with van der Waals surface area (Å²) in [5.41, 5.74) is 1.11. The van der Waals surface area contributed by atoms with E-state index >= 15 is 0 Å². The quantitative estimate of drug-likeness (QED) is 0.715. The Balaban J connectivity index is 1.48. The van der Waals surface area contributed by atoms with E-state index in [1.165, 1.54) is 17.2 Å². The molecular formula is C20H21N3O2S. The minimum absolute atomic E-state index is 0.0198. The zero-order valence-corrected chi connectivity index (χ0v) is 15.5. The molecule has 0 unspecified atom stereocenters. The number of rotatable bonds is 3. The van der Waals surface area contributed by atoms with Gasteiger partial charge in [-0.25, -0.2) is 0 Å². The summed E-state index contributed by atoms with van der Waals surface area (Å²) >= 11 is 1.37. The molecule has 26 heavy (non-hydrogen) atoms. The molecule has 0 N–H and O–H groups in total. The van der Waals surface area contributed by atoms with Crippen LogP contribution in [-0.2, 0) is 4.79 Å². The van der Waals surface area contributed by atoms with Crippen LogP contribution in [0, 0.1) is 0 Å². The fourth-order valence-electron chi connectivity index (χ4n) is 3.43. The molecule has 1 aliphatic heterocycles. The van der Waals surface area contributed by atoms with E-state index in [0.29, 0.717) is 18.5 Å². The van der Waals surface area contributed by atoms with Gasteiger partial charge >= 0.3 is 0 Å². The predicted molar refractivity (Wildman–Crippen MR) is 106 cm³/mol. The molecule has 0 radical (unpaired) electrons. The largest absolute Gasteiger partial charge is 0.368 e. The Morgan fingerprint density at radius 2 is 1.62 bits per heavy atom. The normalized spacial score (nSPS) is 16.0. The molecule has 3 aromatic rings. The van der Waals surface area contributed by atoms with Crippen molar-refractivity contribution in [2.45, 2.75) is 13.0 Å². The van der Waals surface area contributed by atoms with Crippen LogP contribution in [0.5, 0.6) is 0 Å². The van der Waals surface area contributed by atoms with Crippen LogP contribution in [0.25, 0.3) is 10.1 Å². The van der Waals surface area contributed by atoms with Gasteiger partial charge in [0.15, 0.2) is 0 Å². The van der Waals surface area contributed by atoms with Gasteiger partial charge in [-0.05, 0) is 31.2 Å². The molecule has 0 aliphatic carbocycles. The van der Waals surface area contributed by atoms with Crippen molar-refractivity contribution in [1.82, 2.24) is 8.86 Å². The van der Waals surface area contributed by atoms with Crippen molar-refractivity contribution >= 4 is 33.2 Å². The fourth-order valence-corrected chi connectivity index (χ4v) is 4.47.